The summed E-state index contributed by atoms with van der Waals surface area (Å²) in [5, 5.41) is 5.86. The number of nitrogens with one attached hydrogen (secondary N) is 2. The molecule has 0 aliphatic carbocycles. The van der Waals surface area contributed by atoms with E-state index in [0.717, 1.165) is 11.4 Å². The third kappa shape index (κ3) is 5.39. The first-order valence-electron chi connectivity index (χ1n) is 5.99. The van der Waals surface area contributed by atoms with E-state index in [9.17, 15) is 4.79 Å². The average Bonchev–Trinajstić information content (AvgIpc) is 2.33. The van der Waals surface area contributed by atoms with Crippen LogP contribution < -0.4 is 15.4 Å². The fourth-order valence-electron chi connectivity index (χ4n) is 1.41. The molecule has 0 heterocycles. The van der Waals surface area contributed by atoms with Gasteiger partial charge < -0.3 is 15.4 Å². The van der Waals surface area contributed by atoms with Gasteiger partial charge in [0.05, 0.1) is 6.54 Å². The van der Waals surface area contributed by atoms with Crippen molar-refractivity contribution in [3.63, 3.8) is 0 Å². The highest BCUT2D eigenvalue weighted by Crippen LogP contribution is 2.16. The summed E-state index contributed by atoms with van der Waals surface area (Å²) in [4.78, 5) is 11.5. The van der Waals surface area contributed by atoms with Crippen LogP contribution in [0.1, 0.15) is 13.8 Å². The monoisotopic (exact) mass is 248 g/mol. The maximum atomic E-state index is 11.5. The predicted octanol–water partition coefficient (Wildman–Crippen LogP) is 2.19. The van der Waals surface area contributed by atoms with E-state index in [2.05, 4.69) is 17.2 Å². The van der Waals surface area contributed by atoms with Gasteiger partial charge in [0.2, 0.25) is 5.91 Å². The van der Waals surface area contributed by atoms with Crippen LogP contribution in [0, 0.1) is 0 Å². The lowest BCUT2D eigenvalue weighted by atomic mass is 10.3. The van der Waals surface area contributed by atoms with E-state index < -0.39 is 0 Å². The molecule has 0 radical (unpaired) electrons. The molecule has 0 saturated carbocycles. The SMILES string of the molecule is C=CCOc1cccc(NCC(=O)NC(C)C)c1. The topological polar surface area (TPSA) is 50.4 Å². The molecule has 0 bridgehead atoms. The third-order valence-electron chi connectivity index (χ3n) is 2.10. The number of anilines is 1. The van der Waals surface area contributed by atoms with Crippen molar-refractivity contribution in [2.45, 2.75) is 19.9 Å². The Morgan fingerprint density at radius 3 is 2.94 bits per heavy atom. The summed E-state index contributed by atoms with van der Waals surface area (Å²) in [5.41, 5.74) is 0.857. The summed E-state index contributed by atoms with van der Waals surface area (Å²) in [5.74, 6) is 0.728. The van der Waals surface area contributed by atoms with E-state index in [0.29, 0.717) is 6.61 Å². The number of amides is 1. The van der Waals surface area contributed by atoms with E-state index in [1.165, 1.54) is 0 Å². The van der Waals surface area contributed by atoms with Crippen LogP contribution in [0.25, 0.3) is 0 Å². The van der Waals surface area contributed by atoms with Crippen molar-refractivity contribution in [1.29, 1.82) is 0 Å². The summed E-state index contributed by atoms with van der Waals surface area (Å²) in [6.07, 6.45) is 1.69. The van der Waals surface area contributed by atoms with Crippen LogP contribution in [-0.4, -0.2) is 25.1 Å². The first-order chi connectivity index (χ1) is 8.61. The van der Waals surface area contributed by atoms with Crippen LogP contribution in [0.15, 0.2) is 36.9 Å². The quantitative estimate of drug-likeness (QED) is 0.727. The lowest BCUT2D eigenvalue weighted by Gasteiger charge is -2.11. The Bertz CT molecular complexity index is 403. The van der Waals surface area contributed by atoms with Crippen LogP contribution >= 0.6 is 0 Å². The van der Waals surface area contributed by atoms with Gasteiger partial charge in [0.1, 0.15) is 12.4 Å². The molecule has 18 heavy (non-hydrogen) atoms. The number of hydrogen-bond donors (Lipinski definition) is 2. The molecule has 0 aliphatic rings. The molecular formula is C14H20N2O2. The minimum Gasteiger partial charge on any atom is -0.489 e. The smallest absolute Gasteiger partial charge is 0.239 e. The highest BCUT2D eigenvalue weighted by atomic mass is 16.5. The Morgan fingerprint density at radius 1 is 1.50 bits per heavy atom. The summed E-state index contributed by atoms with van der Waals surface area (Å²) in [6, 6.07) is 7.64. The minimum atomic E-state index is -0.0255. The van der Waals surface area contributed by atoms with Crippen LogP contribution in [0.3, 0.4) is 0 Å². The van der Waals surface area contributed by atoms with Gasteiger partial charge in [0, 0.05) is 17.8 Å². The van der Waals surface area contributed by atoms with E-state index >= 15 is 0 Å². The highest BCUT2D eigenvalue weighted by molar-refractivity contribution is 5.80. The highest BCUT2D eigenvalue weighted by Gasteiger charge is 2.03. The van der Waals surface area contributed by atoms with Crippen molar-refractivity contribution >= 4 is 11.6 Å². The molecule has 1 aromatic carbocycles. The predicted molar refractivity (Wildman–Crippen MR) is 73.9 cm³/mol. The van der Waals surface area contributed by atoms with Crippen molar-refractivity contribution in [3.8, 4) is 5.75 Å². The van der Waals surface area contributed by atoms with E-state index in [1.54, 1.807) is 6.08 Å². The van der Waals surface area contributed by atoms with Gasteiger partial charge in [0.25, 0.3) is 0 Å². The number of carbonyl (C=O) groups is 1. The molecule has 4 nitrogen and oxygen atoms in total. The standard InChI is InChI=1S/C14H20N2O2/c1-4-8-18-13-7-5-6-12(9-13)15-10-14(17)16-11(2)3/h4-7,9,11,15H,1,8,10H2,2-3H3,(H,16,17). The first kappa shape index (κ1) is 14.1. The maximum Gasteiger partial charge on any atom is 0.239 e. The van der Waals surface area contributed by atoms with E-state index in [4.69, 9.17) is 4.74 Å². The van der Waals surface area contributed by atoms with Gasteiger partial charge in [-0.25, -0.2) is 0 Å². The first-order valence-corrected chi connectivity index (χ1v) is 5.99. The molecule has 2 N–H and O–H groups in total. The second-order valence-corrected chi connectivity index (χ2v) is 4.20. The fraction of sp³-hybridized carbons (Fsp3) is 0.357. The summed E-state index contributed by atoms with van der Waals surface area (Å²) >= 11 is 0. The molecule has 98 valence electrons. The summed E-state index contributed by atoms with van der Waals surface area (Å²) < 4.78 is 5.41. The zero-order chi connectivity index (χ0) is 13.4. The second kappa shape index (κ2) is 7.37. The average molecular weight is 248 g/mol. The lowest BCUT2D eigenvalue weighted by Crippen LogP contribution is -2.34. The van der Waals surface area contributed by atoms with Crippen LogP contribution in [0.5, 0.6) is 5.75 Å². The van der Waals surface area contributed by atoms with Gasteiger partial charge in [-0.05, 0) is 26.0 Å². The molecule has 1 amide bonds. The fourth-order valence-corrected chi connectivity index (χ4v) is 1.41. The van der Waals surface area contributed by atoms with Crippen molar-refractivity contribution < 1.29 is 9.53 Å². The Hall–Kier alpha value is -1.97. The van der Waals surface area contributed by atoms with Gasteiger partial charge in [-0.2, -0.15) is 0 Å². The molecule has 0 aliphatic heterocycles. The molecule has 0 aromatic heterocycles. The molecule has 0 saturated heterocycles. The minimum absolute atomic E-state index is 0.0255. The maximum absolute atomic E-state index is 11.5. The van der Waals surface area contributed by atoms with E-state index in [-0.39, 0.29) is 18.5 Å². The molecule has 0 fully saturated rings. The number of rotatable bonds is 7. The van der Waals surface area contributed by atoms with Crippen LogP contribution in [0.4, 0.5) is 5.69 Å². The summed E-state index contributed by atoms with van der Waals surface area (Å²) in [6.45, 7) is 8.18. The number of ether oxygens (including phenoxy) is 1. The Morgan fingerprint density at radius 2 is 2.28 bits per heavy atom. The lowest BCUT2D eigenvalue weighted by molar-refractivity contribution is -0.119. The normalized spacial score (nSPS) is 9.94. The number of hydrogen-bond acceptors (Lipinski definition) is 3. The molecular weight excluding hydrogens is 228 g/mol. The molecule has 4 heteroatoms. The summed E-state index contributed by atoms with van der Waals surface area (Å²) in [7, 11) is 0. The van der Waals surface area contributed by atoms with Gasteiger partial charge in [0.15, 0.2) is 0 Å². The van der Waals surface area contributed by atoms with Gasteiger partial charge in [-0.1, -0.05) is 18.7 Å². The van der Waals surface area contributed by atoms with Crippen molar-refractivity contribution in [1.82, 2.24) is 5.32 Å². The Kier molecular flexibility index (Phi) is 5.77. The molecule has 0 spiro atoms. The Balaban J connectivity index is 2.46. The third-order valence-corrected chi connectivity index (χ3v) is 2.10. The molecule has 1 aromatic rings. The van der Waals surface area contributed by atoms with Gasteiger partial charge in [-0.3, -0.25) is 4.79 Å². The van der Waals surface area contributed by atoms with Crippen LogP contribution in [0.2, 0.25) is 0 Å². The largest absolute Gasteiger partial charge is 0.489 e. The number of carbonyl (C=O) groups excluding carboxylic acids is 1. The Labute approximate surface area is 108 Å². The zero-order valence-corrected chi connectivity index (χ0v) is 10.9. The van der Waals surface area contributed by atoms with Crippen molar-refractivity contribution in [2.24, 2.45) is 0 Å². The van der Waals surface area contributed by atoms with Crippen molar-refractivity contribution in [2.75, 3.05) is 18.5 Å². The van der Waals surface area contributed by atoms with Crippen LogP contribution in [-0.2, 0) is 4.79 Å². The second-order valence-electron chi connectivity index (χ2n) is 4.20. The van der Waals surface area contributed by atoms with Gasteiger partial charge >= 0.3 is 0 Å². The van der Waals surface area contributed by atoms with E-state index in [1.807, 2.05) is 38.1 Å². The molecule has 0 atom stereocenters. The molecule has 0 unspecified atom stereocenters. The molecule has 1 rings (SSSR count). The van der Waals surface area contributed by atoms with Crippen molar-refractivity contribution in [3.05, 3.63) is 36.9 Å². The number of benzene rings is 1. The zero-order valence-electron chi connectivity index (χ0n) is 10.9. The van der Waals surface area contributed by atoms with Gasteiger partial charge in [-0.15, -0.1) is 0 Å².